The summed E-state index contributed by atoms with van der Waals surface area (Å²) in [5.41, 5.74) is 8.39. The zero-order valence-corrected chi connectivity index (χ0v) is 17.3. The Morgan fingerprint density at radius 2 is 1.87 bits per heavy atom. The van der Waals surface area contributed by atoms with Crippen LogP contribution in [0.3, 0.4) is 0 Å². The standard InChI is InChI=1S/C19H26N6.C2H2O4/c20-13-17-18(23-24-19(17)21)7-4-10-22-16-8-11-25(12-9-16)14-15-5-2-1-3-6-15;3-1(4)2(5)6/h1-3,5-6,16,22H,4,7-12,14H2,(H3,21,23,24);(H,3,4)(H,5,6). The van der Waals surface area contributed by atoms with E-state index in [1.807, 2.05) is 0 Å². The van der Waals surface area contributed by atoms with E-state index in [0.29, 0.717) is 17.4 Å². The number of nitrogens with one attached hydrogen (secondary N) is 2. The molecule has 1 saturated heterocycles. The first-order valence-corrected chi connectivity index (χ1v) is 10.1. The Labute approximate surface area is 180 Å². The molecule has 31 heavy (non-hydrogen) atoms. The van der Waals surface area contributed by atoms with Crippen LogP contribution in [0.2, 0.25) is 0 Å². The molecule has 0 spiro atoms. The van der Waals surface area contributed by atoms with E-state index in [2.05, 4.69) is 56.8 Å². The van der Waals surface area contributed by atoms with Crippen LogP contribution >= 0.6 is 0 Å². The van der Waals surface area contributed by atoms with E-state index < -0.39 is 11.9 Å². The fourth-order valence-corrected chi connectivity index (χ4v) is 3.41. The number of aliphatic carboxylic acids is 2. The second-order valence-electron chi connectivity index (χ2n) is 7.28. The number of rotatable bonds is 7. The maximum absolute atomic E-state index is 9.10. The van der Waals surface area contributed by atoms with Gasteiger partial charge in [0.2, 0.25) is 0 Å². The Balaban J connectivity index is 0.000000501. The Kier molecular flexibility index (Phi) is 9.48. The van der Waals surface area contributed by atoms with E-state index in [4.69, 9.17) is 30.8 Å². The molecule has 2 aromatic rings. The number of nitrogen functional groups attached to an aromatic ring is 1. The Bertz CT molecular complexity index is 873. The van der Waals surface area contributed by atoms with Crippen LogP contribution in [0.15, 0.2) is 30.3 Å². The van der Waals surface area contributed by atoms with Crippen molar-refractivity contribution >= 4 is 17.8 Å². The smallest absolute Gasteiger partial charge is 0.414 e. The number of anilines is 1. The number of nitrogens with two attached hydrogens (primary N) is 1. The molecule has 1 aliphatic rings. The number of aryl methyl sites for hydroxylation is 1. The number of hydrogen-bond acceptors (Lipinski definition) is 7. The van der Waals surface area contributed by atoms with Crippen molar-refractivity contribution in [1.82, 2.24) is 20.4 Å². The predicted octanol–water partition coefficient (Wildman–Crippen LogP) is 1.21. The van der Waals surface area contributed by atoms with Gasteiger partial charge in [0.15, 0.2) is 5.82 Å². The molecule has 166 valence electrons. The van der Waals surface area contributed by atoms with Gasteiger partial charge < -0.3 is 21.3 Å². The number of benzene rings is 1. The second-order valence-corrected chi connectivity index (χ2v) is 7.28. The van der Waals surface area contributed by atoms with Crippen molar-refractivity contribution in [3.8, 4) is 6.07 Å². The normalized spacial score (nSPS) is 14.3. The quantitative estimate of drug-likeness (QED) is 0.321. The van der Waals surface area contributed by atoms with Gasteiger partial charge in [-0.2, -0.15) is 10.4 Å². The Morgan fingerprint density at radius 1 is 1.23 bits per heavy atom. The molecule has 10 nitrogen and oxygen atoms in total. The number of nitrogens with zero attached hydrogens (tertiary/aromatic N) is 3. The number of H-pyrrole nitrogens is 1. The molecule has 10 heteroatoms. The number of nitriles is 1. The van der Waals surface area contributed by atoms with Crippen LogP contribution in [0.4, 0.5) is 5.82 Å². The van der Waals surface area contributed by atoms with E-state index >= 15 is 0 Å². The van der Waals surface area contributed by atoms with Crippen LogP contribution < -0.4 is 11.1 Å². The highest BCUT2D eigenvalue weighted by Gasteiger charge is 2.18. The van der Waals surface area contributed by atoms with Gasteiger partial charge in [-0.3, -0.25) is 10.00 Å². The van der Waals surface area contributed by atoms with E-state index in [-0.39, 0.29) is 0 Å². The minimum Gasteiger partial charge on any atom is -0.473 e. The molecule has 2 heterocycles. The Morgan fingerprint density at radius 3 is 2.45 bits per heavy atom. The maximum atomic E-state index is 9.10. The minimum atomic E-state index is -1.82. The van der Waals surface area contributed by atoms with Gasteiger partial charge in [-0.05, 0) is 50.9 Å². The van der Waals surface area contributed by atoms with Gasteiger partial charge in [0.05, 0.1) is 5.69 Å². The highest BCUT2D eigenvalue weighted by molar-refractivity contribution is 6.27. The van der Waals surface area contributed by atoms with Crippen molar-refractivity contribution in [3.05, 3.63) is 47.2 Å². The number of aromatic nitrogens is 2. The Hall–Kier alpha value is -3.42. The van der Waals surface area contributed by atoms with Gasteiger partial charge in [0, 0.05) is 12.6 Å². The lowest BCUT2D eigenvalue weighted by atomic mass is 10.0. The highest BCUT2D eigenvalue weighted by Crippen LogP contribution is 2.15. The number of hydrogen-bond donors (Lipinski definition) is 5. The monoisotopic (exact) mass is 428 g/mol. The van der Waals surface area contributed by atoms with E-state index in [0.717, 1.165) is 44.7 Å². The average Bonchev–Trinajstić information content (AvgIpc) is 3.13. The highest BCUT2D eigenvalue weighted by atomic mass is 16.4. The zero-order valence-electron chi connectivity index (χ0n) is 17.3. The van der Waals surface area contributed by atoms with Crippen molar-refractivity contribution in [2.75, 3.05) is 25.4 Å². The summed E-state index contributed by atoms with van der Waals surface area (Å²) in [5, 5.41) is 34.3. The van der Waals surface area contributed by atoms with Crippen LogP contribution in [0.5, 0.6) is 0 Å². The van der Waals surface area contributed by atoms with Crippen molar-refractivity contribution in [2.24, 2.45) is 0 Å². The van der Waals surface area contributed by atoms with Gasteiger partial charge in [0.1, 0.15) is 11.6 Å². The first-order chi connectivity index (χ1) is 14.9. The van der Waals surface area contributed by atoms with Gasteiger partial charge in [-0.25, -0.2) is 9.59 Å². The van der Waals surface area contributed by atoms with Crippen LogP contribution in [-0.2, 0) is 22.6 Å². The first kappa shape index (κ1) is 23.9. The minimum absolute atomic E-state index is 0.302. The summed E-state index contributed by atoms with van der Waals surface area (Å²) < 4.78 is 0. The number of carboxylic acids is 2. The van der Waals surface area contributed by atoms with Gasteiger partial charge >= 0.3 is 11.9 Å². The van der Waals surface area contributed by atoms with E-state index in [1.165, 1.54) is 18.4 Å². The topological polar surface area (TPSA) is 168 Å². The molecule has 0 bridgehead atoms. The lowest BCUT2D eigenvalue weighted by molar-refractivity contribution is -0.159. The third-order valence-corrected chi connectivity index (χ3v) is 5.04. The average molecular weight is 428 g/mol. The number of aromatic amines is 1. The summed E-state index contributed by atoms with van der Waals surface area (Å²) >= 11 is 0. The van der Waals surface area contributed by atoms with Gasteiger partial charge in [-0.15, -0.1) is 0 Å². The second kappa shape index (κ2) is 12.3. The summed E-state index contributed by atoms with van der Waals surface area (Å²) in [5.74, 6) is -3.35. The molecule has 1 aliphatic heterocycles. The summed E-state index contributed by atoms with van der Waals surface area (Å²) in [4.78, 5) is 20.7. The lowest BCUT2D eigenvalue weighted by Crippen LogP contribution is -2.42. The number of carboxylic acid groups (broad SMARTS) is 2. The first-order valence-electron chi connectivity index (χ1n) is 10.1. The van der Waals surface area contributed by atoms with Crippen LogP contribution in [0.1, 0.15) is 36.1 Å². The zero-order chi connectivity index (χ0) is 22.6. The molecule has 0 amide bonds. The number of piperidine rings is 1. The van der Waals surface area contributed by atoms with Crippen LogP contribution in [0, 0.1) is 11.3 Å². The molecule has 0 saturated carbocycles. The summed E-state index contributed by atoms with van der Waals surface area (Å²) in [7, 11) is 0. The number of carbonyl (C=O) groups is 2. The molecule has 0 atom stereocenters. The summed E-state index contributed by atoms with van der Waals surface area (Å²) in [6.07, 6.45) is 4.15. The predicted molar refractivity (Wildman–Crippen MR) is 114 cm³/mol. The fraction of sp³-hybridized carbons (Fsp3) is 0.429. The van der Waals surface area contributed by atoms with Gasteiger partial charge in [-0.1, -0.05) is 30.3 Å². The molecule has 0 aliphatic carbocycles. The molecule has 1 fully saturated rings. The molecule has 0 unspecified atom stereocenters. The molecule has 6 N–H and O–H groups in total. The fourth-order valence-electron chi connectivity index (χ4n) is 3.41. The molecular formula is C21H28N6O4. The van der Waals surface area contributed by atoms with Crippen LogP contribution in [-0.4, -0.2) is 62.9 Å². The number of likely N-dealkylation sites (tertiary alicyclic amines) is 1. The van der Waals surface area contributed by atoms with Crippen molar-refractivity contribution in [3.63, 3.8) is 0 Å². The van der Waals surface area contributed by atoms with Crippen LogP contribution in [0.25, 0.3) is 0 Å². The molecule has 0 radical (unpaired) electrons. The summed E-state index contributed by atoms with van der Waals surface area (Å²) in [6, 6.07) is 13.4. The van der Waals surface area contributed by atoms with Crippen molar-refractivity contribution in [2.45, 2.75) is 38.3 Å². The van der Waals surface area contributed by atoms with Crippen molar-refractivity contribution < 1.29 is 19.8 Å². The van der Waals surface area contributed by atoms with Crippen molar-refractivity contribution in [1.29, 1.82) is 5.26 Å². The third kappa shape index (κ3) is 8.08. The SMILES string of the molecule is N#Cc1c(N)n[nH]c1CCCNC1CCN(Cc2ccccc2)CC1.O=C(O)C(=O)O. The molecular weight excluding hydrogens is 400 g/mol. The summed E-state index contributed by atoms with van der Waals surface area (Å²) in [6.45, 7) is 4.28. The van der Waals surface area contributed by atoms with E-state index in [1.54, 1.807) is 0 Å². The molecule has 3 rings (SSSR count). The lowest BCUT2D eigenvalue weighted by Gasteiger charge is -2.32. The molecule has 1 aromatic carbocycles. The van der Waals surface area contributed by atoms with E-state index in [9.17, 15) is 0 Å². The largest absolute Gasteiger partial charge is 0.473 e. The van der Waals surface area contributed by atoms with Gasteiger partial charge in [0.25, 0.3) is 0 Å². The molecule has 1 aromatic heterocycles. The third-order valence-electron chi connectivity index (χ3n) is 5.04. The maximum Gasteiger partial charge on any atom is 0.414 e.